The summed E-state index contributed by atoms with van der Waals surface area (Å²) in [5.41, 5.74) is 1.41. The summed E-state index contributed by atoms with van der Waals surface area (Å²) in [4.78, 5) is 0. The molecule has 2 unspecified atom stereocenters. The minimum atomic E-state index is 0.591. The molecule has 102 valence electrons. The van der Waals surface area contributed by atoms with Gasteiger partial charge in [0.25, 0.3) is 0 Å². The summed E-state index contributed by atoms with van der Waals surface area (Å²) in [5.74, 6) is 1.30. The van der Waals surface area contributed by atoms with Crippen LogP contribution in [0.3, 0.4) is 0 Å². The van der Waals surface area contributed by atoms with Gasteiger partial charge in [-0.1, -0.05) is 57.3 Å². The van der Waals surface area contributed by atoms with Crippen molar-refractivity contribution in [2.24, 2.45) is 5.92 Å². The minimum Gasteiger partial charge on any atom is -0.316 e. The Labute approximate surface area is 117 Å². The summed E-state index contributed by atoms with van der Waals surface area (Å²) in [6.45, 7) is 8.99. The van der Waals surface area contributed by atoms with Gasteiger partial charge in [-0.2, -0.15) is 0 Å². The van der Waals surface area contributed by atoms with E-state index in [-0.39, 0.29) is 0 Å². The molecular formula is C16H26ClN. The Hall–Kier alpha value is -0.530. The van der Waals surface area contributed by atoms with Crippen molar-refractivity contribution >= 4 is 11.6 Å². The van der Waals surface area contributed by atoms with Gasteiger partial charge in [-0.25, -0.2) is 0 Å². The predicted octanol–water partition coefficient (Wildman–Crippen LogP) is 4.86. The lowest BCUT2D eigenvalue weighted by Gasteiger charge is -2.25. The fourth-order valence-corrected chi connectivity index (χ4v) is 2.57. The van der Waals surface area contributed by atoms with Crippen LogP contribution in [0.15, 0.2) is 24.3 Å². The lowest BCUT2D eigenvalue weighted by atomic mass is 9.84. The number of hydrogen-bond acceptors (Lipinski definition) is 1. The van der Waals surface area contributed by atoms with E-state index in [0.29, 0.717) is 11.8 Å². The second-order valence-electron chi connectivity index (χ2n) is 5.13. The van der Waals surface area contributed by atoms with Gasteiger partial charge in [0, 0.05) is 11.6 Å². The van der Waals surface area contributed by atoms with Crippen molar-refractivity contribution in [1.82, 2.24) is 5.32 Å². The van der Waals surface area contributed by atoms with Gasteiger partial charge in [0.2, 0.25) is 0 Å². The molecule has 1 nitrogen and oxygen atoms in total. The Morgan fingerprint density at radius 3 is 2.33 bits per heavy atom. The molecule has 0 radical (unpaired) electrons. The molecule has 0 aliphatic rings. The monoisotopic (exact) mass is 267 g/mol. The molecule has 1 aromatic rings. The molecule has 0 heterocycles. The van der Waals surface area contributed by atoms with Crippen LogP contribution >= 0.6 is 11.6 Å². The highest BCUT2D eigenvalue weighted by Crippen LogP contribution is 2.28. The highest BCUT2D eigenvalue weighted by atomic mass is 35.5. The van der Waals surface area contributed by atoms with Gasteiger partial charge >= 0.3 is 0 Å². The van der Waals surface area contributed by atoms with Crippen molar-refractivity contribution in [3.63, 3.8) is 0 Å². The first-order chi connectivity index (χ1) is 8.69. The zero-order valence-corrected chi connectivity index (χ0v) is 12.6. The van der Waals surface area contributed by atoms with Crippen LogP contribution in [-0.4, -0.2) is 13.1 Å². The van der Waals surface area contributed by atoms with Crippen molar-refractivity contribution in [3.8, 4) is 0 Å². The van der Waals surface area contributed by atoms with E-state index in [1.807, 2.05) is 12.1 Å². The molecule has 1 N–H and O–H groups in total. The molecule has 2 heteroatoms. The fraction of sp³-hybridized carbons (Fsp3) is 0.625. The third-order valence-electron chi connectivity index (χ3n) is 3.52. The summed E-state index contributed by atoms with van der Waals surface area (Å²) in [6, 6.07) is 8.35. The van der Waals surface area contributed by atoms with Gasteiger partial charge in [-0.05, 0) is 42.5 Å². The van der Waals surface area contributed by atoms with Crippen molar-refractivity contribution in [1.29, 1.82) is 0 Å². The first-order valence-corrected chi connectivity index (χ1v) is 7.53. The Bertz CT molecular complexity index is 320. The summed E-state index contributed by atoms with van der Waals surface area (Å²) in [5, 5.41) is 4.38. The summed E-state index contributed by atoms with van der Waals surface area (Å²) in [7, 11) is 0. The molecule has 18 heavy (non-hydrogen) atoms. The van der Waals surface area contributed by atoms with Gasteiger partial charge in [0.1, 0.15) is 0 Å². The molecular weight excluding hydrogens is 242 g/mol. The maximum atomic E-state index is 5.97. The van der Waals surface area contributed by atoms with E-state index in [2.05, 4.69) is 38.2 Å². The molecule has 0 aromatic heterocycles. The lowest BCUT2D eigenvalue weighted by Crippen LogP contribution is -2.26. The van der Waals surface area contributed by atoms with E-state index in [1.165, 1.54) is 24.8 Å². The molecule has 2 atom stereocenters. The normalized spacial score (nSPS) is 14.4. The van der Waals surface area contributed by atoms with Gasteiger partial charge in [-0.15, -0.1) is 0 Å². The first-order valence-electron chi connectivity index (χ1n) is 7.15. The summed E-state index contributed by atoms with van der Waals surface area (Å²) in [6.07, 6.45) is 3.72. The number of hydrogen-bond donors (Lipinski definition) is 1. The Morgan fingerprint density at radius 1 is 1.11 bits per heavy atom. The zero-order chi connectivity index (χ0) is 13.4. The van der Waals surface area contributed by atoms with Crippen LogP contribution in [0.5, 0.6) is 0 Å². The van der Waals surface area contributed by atoms with Crippen LogP contribution in [0.2, 0.25) is 5.02 Å². The molecule has 0 bridgehead atoms. The fourth-order valence-electron chi connectivity index (χ4n) is 2.45. The Balaban J connectivity index is 2.72. The number of rotatable bonds is 8. The second-order valence-corrected chi connectivity index (χ2v) is 5.56. The highest BCUT2D eigenvalue weighted by molar-refractivity contribution is 6.30. The molecule has 0 saturated heterocycles. The van der Waals surface area contributed by atoms with Crippen LogP contribution in [0.4, 0.5) is 0 Å². The average molecular weight is 268 g/mol. The maximum absolute atomic E-state index is 5.97. The third-order valence-corrected chi connectivity index (χ3v) is 3.77. The molecule has 1 rings (SSSR count). The quantitative estimate of drug-likeness (QED) is 0.664. The van der Waals surface area contributed by atoms with Crippen molar-refractivity contribution < 1.29 is 0 Å². The minimum absolute atomic E-state index is 0.591. The molecule has 0 fully saturated rings. The van der Waals surface area contributed by atoms with Crippen LogP contribution in [0.1, 0.15) is 51.5 Å². The topological polar surface area (TPSA) is 12.0 Å². The van der Waals surface area contributed by atoms with Crippen LogP contribution in [-0.2, 0) is 0 Å². The molecule has 0 saturated carbocycles. The van der Waals surface area contributed by atoms with Gasteiger partial charge < -0.3 is 5.32 Å². The van der Waals surface area contributed by atoms with Crippen molar-refractivity contribution in [2.45, 2.75) is 46.0 Å². The SMILES string of the molecule is CCCNCC(c1ccc(Cl)cc1)C(C)CCC. The van der Waals surface area contributed by atoms with E-state index < -0.39 is 0 Å². The van der Waals surface area contributed by atoms with E-state index in [0.717, 1.165) is 18.1 Å². The van der Waals surface area contributed by atoms with Gasteiger partial charge in [0.05, 0.1) is 0 Å². The van der Waals surface area contributed by atoms with Gasteiger partial charge in [-0.3, -0.25) is 0 Å². The van der Waals surface area contributed by atoms with Crippen molar-refractivity contribution in [3.05, 3.63) is 34.9 Å². The van der Waals surface area contributed by atoms with Crippen molar-refractivity contribution in [2.75, 3.05) is 13.1 Å². The molecule has 0 spiro atoms. The summed E-state index contributed by atoms with van der Waals surface area (Å²) < 4.78 is 0. The standard InChI is InChI=1S/C16H26ClN/c1-4-6-13(3)16(12-18-11-5-2)14-7-9-15(17)10-8-14/h7-10,13,16,18H,4-6,11-12H2,1-3H3. The number of benzene rings is 1. The molecule has 0 amide bonds. The second kappa shape index (κ2) is 8.55. The van der Waals surface area contributed by atoms with E-state index in [9.17, 15) is 0 Å². The smallest absolute Gasteiger partial charge is 0.0406 e. The average Bonchev–Trinajstić information content (AvgIpc) is 2.36. The van der Waals surface area contributed by atoms with E-state index in [1.54, 1.807) is 0 Å². The number of nitrogens with one attached hydrogen (secondary N) is 1. The highest BCUT2D eigenvalue weighted by Gasteiger charge is 2.18. The van der Waals surface area contributed by atoms with Crippen LogP contribution in [0.25, 0.3) is 0 Å². The lowest BCUT2D eigenvalue weighted by molar-refractivity contribution is 0.404. The van der Waals surface area contributed by atoms with Gasteiger partial charge in [0.15, 0.2) is 0 Å². The van der Waals surface area contributed by atoms with E-state index in [4.69, 9.17) is 11.6 Å². The zero-order valence-electron chi connectivity index (χ0n) is 11.9. The molecule has 1 aromatic carbocycles. The summed E-state index contributed by atoms with van der Waals surface area (Å²) >= 11 is 5.97. The Kier molecular flexibility index (Phi) is 7.38. The first kappa shape index (κ1) is 15.5. The molecule has 0 aliphatic heterocycles. The third kappa shape index (κ3) is 4.99. The van der Waals surface area contributed by atoms with Crippen LogP contribution in [0, 0.1) is 5.92 Å². The maximum Gasteiger partial charge on any atom is 0.0406 e. The largest absolute Gasteiger partial charge is 0.316 e. The number of halogens is 1. The predicted molar refractivity (Wildman–Crippen MR) is 81.4 cm³/mol. The van der Waals surface area contributed by atoms with Crippen LogP contribution < -0.4 is 5.32 Å². The molecule has 0 aliphatic carbocycles. The van der Waals surface area contributed by atoms with E-state index >= 15 is 0 Å². The Morgan fingerprint density at radius 2 is 1.78 bits per heavy atom.